The average molecular weight is 510 g/mol. The Kier molecular flexibility index (Phi) is 8.60. The molecule has 3 N–H and O–H groups in total. The number of rotatable bonds is 9. The van der Waals surface area contributed by atoms with Crippen molar-refractivity contribution in [1.29, 1.82) is 0 Å². The van der Waals surface area contributed by atoms with Gasteiger partial charge in [0.1, 0.15) is 5.75 Å². The Hall–Kier alpha value is -3.65. The highest BCUT2D eigenvalue weighted by atomic mass is 79.9. The third-order valence-electron chi connectivity index (χ3n) is 4.64. The Morgan fingerprint density at radius 3 is 2.27 bits per heavy atom. The molecule has 3 aromatic rings. The van der Waals surface area contributed by atoms with Gasteiger partial charge in [-0.3, -0.25) is 14.4 Å². The molecule has 170 valence electrons. The van der Waals surface area contributed by atoms with Crippen LogP contribution in [0.5, 0.6) is 5.75 Å². The van der Waals surface area contributed by atoms with Gasteiger partial charge in [-0.2, -0.15) is 0 Å². The van der Waals surface area contributed by atoms with Crippen molar-refractivity contribution in [2.75, 3.05) is 18.5 Å². The molecule has 3 rings (SSSR count). The molecule has 0 saturated heterocycles. The standard InChI is InChI=1S/C25H24BrN3O4/c1-17-6-8-18(9-7-17)14-27-23(30)15-28-25(32)21-4-2-3-5-22(21)33-16-24(31)29-20-12-10-19(26)11-13-20/h2-13H,14-16H2,1H3,(H,27,30)(H,28,32)(H,29,31). The molecule has 33 heavy (non-hydrogen) atoms. The zero-order chi connectivity index (χ0) is 23.6. The van der Waals surface area contributed by atoms with Crippen LogP contribution >= 0.6 is 15.9 Å². The number of carbonyl (C=O) groups excluding carboxylic acids is 3. The molecule has 3 aromatic carbocycles. The van der Waals surface area contributed by atoms with Crippen molar-refractivity contribution in [2.45, 2.75) is 13.5 Å². The summed E-state index contributed by atoms with van der Waals surface area (Å²) in [5.41, 5.74) is 2.99. The second-order valence-corrected chi connectivity index (χ2v) is 8.20. The largest absolute Gasteiger partial charge is 0.483 e. The normalized spacial score (nSPS) is 10.2. The minimum Gasteiger partial charge on any atom is -0.483 e. The van der Waals surface area contributed by atoms with Crippen molar-refractivity contribution in [2.24, 2.45) is 0 Å². The number of hydrogen-bond acceptors (Lipinski definition) is 4. The third-order valence-corrected chi connectivity index (χ3v) is 5.17. The quantitative estimate of drug-likeness (QED) is 0.408. The maximum atomic E-state index is 12.6. The van der Waals surface area contributed by atoms with Gasteiger partial charge in [-0.1, -0.05) is 57.9 Å². The number of para-hydroxylation sites is 1. The molecule has 0 radical (unpaired) electrons. The van der Waals surface area contributed by atoms with E-state index in [0.717, 1.165) is 15.6 Å². The molecule has 3 amide bonds. The first kappa shape index (κ1) is 24.0. The fourth-order valence-electron chi connectivity index (χ4n) is 2.88. The minimum atomic E-state index is -0.468. The summed E-state index contributed by atoms with van der Waals surface area (Å²) < 4.78 is 6.46. The van der Waals surface area contributed by atoms with E-state index in [2.05, 4.69) is 31.9 Å². The van der Waals surface area contributed by atoms with Crippen LogP contribution in [0.15, 0.2) is 77.3 Å². The number of aryl methyl sites for hydroxylation is 1. The van der Waals surface area contributed by atoms with Gasteiger partial charge in [0.2, 0.25) is 5.91 Å². The van der Waals surface area contributed by atoms with Crippen LogP contribution in [0.2, 0.25) is 0 Å². The van der Waals surface area contributed by atoms with Crippen LogP contribution in [-0.2, 0) is 16.1 Å². The van der Waals surface area contributed by atoms with E-state index in [1.54, 1.807) is 36.4 Å². The lowest BCUT2D eigenvalue weighted by atomic mass is 10.1. The van der Waals surface area contributed by atoms with Gasteiger partial charge in [-0.05, 0) is 48.9 Å². The van der Waals surface area contributed by atoms with Crippen LogP contribution in [0.1, 0.15) is 21.5 Å². The number of nitrogens with one attached hydrogen (secondary N) is 3. The molecule has 0 spiro atoms. The molecule has 0 aliphatic carbocycles. The van der Waals surface area contributed by atoms with E-state index in [1.165, 1.54) is 0 Å². The van der Waals surface area contributed by atoms with Gasteiger partial charge in [-0.15, -0.1) is 0 Å². The smallest absolute Gasteiger partial charge is 0.262 e. The van der Waals surface area contributed by atoms with Crippen molar-refractivity contribution >= 4 is 39.3 Å². The summed E-state index contributed by atoms with van der Waals surface area (Å²) in [5, 5.41) is 8.07. The minimum absolute atomic E-state index is 0.177. The van der Waals surface area contributed by atoms with Crippen LogP contribution in [0.3, 0.4) is 0 Å². The van der Waals surface area contributed by atoms with E-state index < -0.39 is 5.91 Å². The monoisotopic (exact) mass is 509 g/mol. The number of halogens is 1. The van der Waals surface area contributed by atoms with E-state index in [-0.39, 0.29) is 36.3 Å². The van der Waals surface area contributed by atoms with E-state index in [0.29, 0.717) is 12.2 Å². The summed E-state index contributed by atoms with van der Waals surface area (Å²) in [4.78, 5) is 36.8. The molecular formula is C25H24BrN3O4. The second-order valence-electron chi connectivity index (χ2n) is 7.28. The molecule has 0 aliphatic heterocycles. The fraction of sp³-hybridized carbons (Fsp3) is 0.160. The Balaban J connectivity index is 1.48. The molecule has 0 bridgehead atoms. The lowest BCUT2D eigenvalue weighted by molar-refractivity contribution is -0.120. The van der Waals surface area contributed by atoms with Crippen molar-refractivity contribution in [3.05, 3.63) is 94.0 Å². The van der Waals surface area contributed by atoms with Crippen molar-refractivity contribution < 1.29 is 19.1 Å². The fourth-order valence-corrected chi connectivity index (χ4v) is 3.14. The van der Waals surface area contributed by atoms with Gasteiger partial charge >= 0.3 is 0 Å². The first-order valence-electron chi connectivity index (χ1n) is 10.3. The number of amides is 3. The number of hydrogen-bond donors (Lipinski definition) is 3. The predicted octanol–water partition coefficient (Wildman–Crippen LogP) is 3.82. The van der Waals surface area contributed by atoms with Gasteiger partial charge < -0.3 is 20.7 Å². The van der Waals surface area contributed by atoms with Crippen LogP contribution in [0, 0.1) is 6.92 Å². The Morgan fingerprint density at radius 2 is 1.55 bits per heavy atom. The maximum Gasteiger partial charge on any atom is 0.262 e. The Bertz CT molecular complexity index is 1120. The summed E-state index contributed by atoms with van der Waals surface area (Å²) in [6.45, 7) is 1.93. The van der Waals surface area contributed by atoms with Gasteiger partial charge in [0.15, 0.2) is 6.61 Å². The van der Waals surface area contributed by atoms with Crippen molar-refractivity contribution in [3.63, 3.8) is 0 Å². The average Bonchev–Trinajstić information content (AvgIpc) is 2.82. The summed E-state index contributed by atoms with van der Waals surface area (Å²) in [6, 6.07) is 21.5. The Morgan fingerprint density at radius 1 is 0.848 bits per heavy atom. The highest BCUT2D eigenvalue weighted by molar-refractivity contribution is 9.10. The summed E-state index contributed by atoms with van der Waals surface area (Å²) in [7, 11) is 0. The number of carbonyl (C=O) groups is 3. The summed E-state index contributed by atoms with van der Waals surface area (Å²) >= 11 is 3.34. The molecule has 0 atom stereocenters. The summed E-state index contributed by atoms with van der Waals surface area (Å²) in [5.74, 6) is -0.885. The van der Waals surface area contributed by atoms with E-state index in [1.807, 2.05) is 43.3 Å². The van der Waals surface area contributed by atoms with Gasteiger partial charge in [0.05, 0.1) is 12.1 Å². The molecule has 7 nitrogen and oxygen atoms in total. The molecule has 0 aromatic heterocycles. The van der Waals surface area contributed by atoms with Crippen LogP contribution in [0.25, 0.3) is 0 Å². The topological polar surface area (TPSA) is 96.5 Å². The highest BCUT2D eigenvalue weighted by Gasteiger charge is 2.14. The molecule has 0 unspecified atom stereocenters. The maximum absolute atomic E-state index is 12.6. The molecule has 0 heterocycles. The van der Waals surface area contributed by atoms with Gasteiger partial charge in [0, 0.05) is 16.7 Å². The van der Waals surface area contributed by atoms with Crippen LogP contribution < -0.4 is 20.7 Å². The first-order chi connectivity index (χ1) is 15.9. The number of anilines is 1. The van der Waals surface area contributed by atoms with Crippen LogP contribution in [0.4, 0.5) is 5.69 Å². The van der Waals surface area contributed by atoms with E-state index >= 15 is 0 Å². The SMILES string of the molecule is Cc1ccc(CNC(=O)CNC(=O)c2ccccc2OCC(=O)Nc2ccc(Br)cc2)cc1. The Labute approximate surface area is 200 Å². The predicted molar refractivity (Wildman–Crippen MR) is 130 cm³/mol. The van der Waals surface area contributed by atoms with Crippen molar-refractivity contribution in [1.82, 2.24) is 10.6 Å². The zero-order valence-electron chi connectivity index (χ0n) is 18.1. The third kappa shape index (κ3) is 7.76. The van der Waals surface area contributed by atoms with Crippen molar-refractivity contribution in [3.8, 4) is 5.75 Å². The van der Waals surface area contributed by atoms with Gasteiger partial charge in [-0.25, -0.2) is 0 Å². The molecule has 8 heteroatoms. The van der Waals surface area contributed by atoms with E-state index in [9.17, 15) is 14.4 Å². The van der Waals surface area contributed by atoms with Crippen LogP contribution in [-0.4, -0.2) is 30.9 Å². The second kappa shape index (κ2) is 11.8. The lowest BCUT2D eigenvalue weighted by Gasteiger charge is -2.12. The lowest BCUT2D eigenvalue weighted by Crippen LogP contribution is -2.36. The molecule has 0 aliphatic rings. The zero-order valence-corrected chi connectivity index (χ0v) is 19.6. The molecular weight excluding hydrogens is 486 g/mol. The molecule has 0 fully saturated rings. The summed E-state index contributed by atoms with van der Waals surface area (Å²) in [6.07, 6.45) is 0. The van der Waals surface area contributed by atoms with Gasteiger partial charge in [0.25, 0.3) is 11.8 Å². The first-order valence-corrected chi connectivity index (χ1v) is 11.1. The molecule has 0 saturated carbocycles. The number of benzene rings is 3. The number of ether oxygens (including phenoxy) is 1. The highest BCUT2D eigenvalue weighted by Crippen LogP contribution is 2.18. The van der Waals surface area contributed by atoms with E-state index in [4.69, 9.17) is 4.74 Å².